The number of fused-ring (bicyclic) bond motifs is 5. The third-order valence-corrected chi connectivity index (χ3v) is 8.66. The van der Waals surface area contributed by atoms with Gasteiger partial charge in [-0.1, -0.05) is 12.1 Å². The molecule has 6 heteroatoms. The lowest BCUT2D eigenvalue weighted by Gasteiger charge is -2.53. The molecule has 2 unspecified atom stereocenters. The fourth-order valence-corrected chi connectivity index (χ4v) is 6.49. The molecule has 32 heavy (non-hydrogen) atoms. The van der Waals surface area contributed by atoms with Crippen LogP contribution in [0.2, 0.25) is 0 Å². The second-order valence-electron chi connectivity index (χ2n) is 10.4. The van der Waals surface area contributed by atoms with E-state index >= 15 is 0 Å². The van der Waals surface area contributed by atoms with Crippen LogP contribution in [0.4, 0.5) is 4.39 Å². The smallest absolute Gasteiger partial charge is 0.226 e. The zero-order valence-corrected chi connectivity index (χ0v) is 18.8. The van der Waals surface area contributed by atoms with Crippen molar-refractivity contribution in [3.8, 4) is 5.75 Å². The number of amides is 1. The third-order valence-electron chi connectivity index (χ3n) is 8.66. The van der Waals surface area contributed by atoms with E-state index in [2.05, 4.69) is 17.4 Å². The fourth-order valence-electron chi connectivity index (χ4n) is 6.49. The van der Waals surface area contributed by atoms with Crippen LogP contribution in [0.5, 0.6) is 5.75 Å². The van der Waals surface area contributed by atoms with Crippen molar-refractivity contribution < 1.29 is 18.7 Å². The summed E-state index contributed by atoms with van der Waals surface area (Å²) in [6.07, 6.45) is 11.5. The van der Waals surface area contributed by atoms with Gasteiger partial charge in [-0.3, -0.25) is 4.79 Å². The van der Waals surface area contributed by atoms with Crippen LogP contribution in [0.25, 0.3) is 0 Å². The van der Waals surface area contributed by atoms with E-state index in [-0.39, 0.29) is 35.9 Å². The Bertz CT molecular complexity index is 832. The molecule has 4 bridgehead atoms. The van der Waals surface area contributed by atoms with E-state index in [9.17, 15) is 9.18 Å². The van der Waals surface area contributed by atoms with Gasteiger partial charge in [-0.2, -0.15) is 0 Å². The third kappa shape index (κ3) is 4.08. The number of nitrogens with two attached hydrogens (primary N) is 1. The lowest BCUT2D eigenvalue weighted by atomic mass is 9.51. The number of hydrogen-bond donors (Lipinski definition) is 2. The van der Waals surface area contributed by atoms with Crippen molar-refractivity contribution in [1.82, 2.24) is 5.32 Å². The molecule has 3 aliphatic carbocycles. The predicted molar refractivity (Wildman–Crippen MR) is 121 cm³/mol. The van der Waals surface area contributed by atoms with E-state index in [0.29, 0.717) is 24.1 Å². The summed E-state index contributed by atoms with van der Waals surface area (Å²) in [7, 11) is 0. The molecular weight excluding hydrogens is 407 g/mol. The van der Waals surface area contributed by atoms with Crippen LogP contribution < -0.4 is 15.8 Å². The maximum Gasteiger partial charge on any atom is 0.226 e. The minimum atomic E-state index is -0.181. The van der Waals surface area contributed by atoms with Crippen LogP contribution in [-0.4, -0.2) is 37.3 Å². The van der Waals surface area contributed by atoms with Gasteiger partial charge in [0, 0.05) is 23.6 Å². The molecule has 2 heterocycles. The topological polar surface area (TPSA) is 73.6 Å². The van der Waals surface area contributed by atoms with Crippen molar-refractivity contribution in [2.45, 2.75) is 87.9 Å². The number of carbonyl (C=O) groups excluding carboxylic acids is 1. The highest BCUT2D eigenvalue weighted by atomic mass is 19.1. The largest absolute Gasteiger partial charge is 0.489 e. The maximum absolute atomic E-state index is 13.3. The molecule has 3 N–H and O–H groups in total. The first-order valence-electron chi connectivity index (χ1n) is 12.2. The van der Waals surface area contributed by atoms with Gasteiger partial charge in [0.2, 0.25) is 5.91 Å². The first-order valence-corrected chi connectivity index (χ1v) is 12.2. The molecule has 6 rings (SSSR count). The van der Waals surface area contributed by atoms with Gasteiger partial charge in [-0.05, 0) is 87.3 Å². The van der Waals surface area contributed by atoms with Crippen LogP contribution >= 0.6 is 0 Å². The zero-order chi connectivity index (χ0) is 22.2. The lowest BCUT2D eigenvalue weighted by molar-refractivity contribution is -0.139. The number of halogens is 1. The summed E-state index contributed by atoms with van der Waals surface area (Å²) in [6.45, 7) is 0.326. The molecule has 3 saturated carbocycles. The average molecular weight is 443 g/mol. The molecule has 1 aromatic carbocycles. The summed E-state index contributed by atoms with van der Waals surface area (Å²) < 4.78 is 24.3. The summed E-state index contributed by atoms with van der Waals surface area (Å²) in [6, 6.07) is 8.52. The molecule has 5 nitrogen and oxygen atoms in total. The quantitative estimate of drug-likeness (QED) is 0.661. The average Bonchev–Trinajstić information content (AvgIpc) is 3.19. The molecule has 2 aliphatic heterocycles. The predicted octanol–water partition coefficient (Wildman–Crippen LogP) is 4.30. The van der Waals surface area contributed by atoms with Crippen LogP contribution in [0.1, 0.15) is 69.8 Å². The Morgan fingerprint density at radius 2 is 1.72 bits per heavy atom. The van der Waals surface area contributed by atoms with E-state index in [4.69, 9.17) is 15.2 Å². The van der Waals surface area contributed by atoms with Gasteiger partial charge in [0.25, 0.3) is 0 Å². The minimum Gasteiger partial charge on any atom is -0.489 e. The lowest BCUT2D eigenvalue weighted by Crippen LogP contribution is -2.54. The van der Waals surface area contributed by atoms with Gasteiger partial charge in [0.15, 0.2) is 0 Å². The van der Waals surface area contributed by atoms with Crippen molar-refractivity contribution in [2.75, 3.05) is 13.2 Å². The number of nitrogens with one attached hydrogen (secondary N) is 1. The highest BCUT2D eigenvalue weighted by Crippen LogP contribution is 2.58. The molecule has 174 valence electrons. The molecule has 2 saturated heterocycles. The summed E-state index contributed by atoms with van der Waals surface area (Å²) in [5.41, 5.74) is 7.24. The monoisotopic (exact) mass is 442 g/mol. The van der Waals surface area contributed by atoms with E-state index in [1.807, 2.05) is 12.1 Å². The highest BCUT2D eigenvalue weighted by molar-refractivity contribution is 5.83. The molecule has 1 aromatic rings. The second-order valence-corrected chi connectivity index (χ2v) is 10.4. The van der Waals surface area contributed by atoms with E-state index in [1.54, 1.807) is 0 Å². The standard InChI is InChI=1S/C26H35FN2O3/c27-15-18(16-28)17-31-21-3-1-19(2-4-21)25-7-10-26(11-8-25,12-9-25)24(30)29-20-13-22-5-6-23(14-20)32-22/h1-4,15,20,22-23H,5-14,16-17,28H2,(H,29,30)/b18-15+. The van der Waals surface area contributed by atoms with Gasteiger partial charge in [-0.15, -0.1) is 0 Å². The fraction of sp³-hybridized carbons (Fsp3) is 0.654. The summed E-state index contributed by atoms with van der Waals surface area (Å²) in [5.74, 6) is 1.01. The Hall–Kier alpha value is -1.92. The summed E-state index contributed by atoms with van der Waals surface area (Å²) in [4.78, 5) is 13.3. The Morgan fingerprint density at radius 1 is 1.09 bits per heavy atom. The number of ether oxygens (including phenoxy) is 2. The summed E-state index contributed by atoms with van der Waals surface area (Å²) >= 11 is 0. The molecule has 5 aliphatic rings. The van der Waals surface area contributed by atoms with E-state index < -0.39 is 0 Å². The molecule has 1 amide bonds. The minimum absolute atomic E-state index is 0.155. The Labute approximate surface area is 189 Å². The van der Waals surface area contributed by atoms with Gasteiger partial charge in [0.05, 0.1) is 18.5 Å². The van der Waals surface area contributed by atoms with Crippen LogP contribution in [0.15, 0.2) is 36.2 Å². The molecule has 0 aromatic heterocycles. The van der Waals surface area contributed by atoms with Gasteiger partial charge >= 0.3 is 0 Å². The van der Waals surface area contributed by atoms with Crippen LogP contribution in [0.3, 0.4) is 0 Å². The number of carbonyl (C=O) groups is 1. The number of hydrogen-bond acceptors (Lipinski definition) is 4. The van der Waals surface area contributed by atoms with Crippen molar-refractivity contribution in [3.63, 3.8) is 0 Å². The van der Waals surface area contributed by atoms with Crippen molar-refractivity contribution in [3.05, 3.63) is 41.7 Å². The molecular formula is C26H35FN2O3. The first-order chi connectivity index (χ1) is 15.5. The number of rotatable bonds is 7. The van der Waals surface area contributed by atoms with Gasteiger partial charge in [-0.25, -0.2) is 4.39 Å². The van der Waals surface area contributed by atoms with E-state index in [1.165, 1.54) is 5.56 Å². The van der Waals surface area contributed by atoms with Crippen molar-refractivity contribution in [1.29, 1.82) is 0 Å². The Kier molecular flexibility index (Phi) is 6.01. The molecule has 2 atom stereocenters. The van der Waals surface area contributed by atoms with Crippen molar-refractivity contribution in [2.24, 2.45) is 11.1 Å². The highest BCUT2D eigenvalue weighted by Gasteiger charge is 2.53. The number of benzene rings is 1. The van der Waals surface area contributed by atoms with E-state index in [0.717, 1.165) is 70.0 Å². The summed E-state index contributed by atoms with van der Waals surface area (Å²) in [5, 5.41) is 3.42. The first kappa shape index (κ1) is 21.9. The van der Waals surface area contributed by atoms with Crippen molar-refractivity contribution >= 4 is 5.91 Å². The molecule has 5 fully saturated rings. The van der Waals surface area contributed by atoms with Gasteiger partial charge < -0.3 is 20.5 Å². The normalized spacial score (nSPS) is 36.2. The second kappa shape index (κ2) is 8.79. The van der Waals surface area contributed by atoms with Crippen LogP contribution in [0, 0.1) is 5.41 Å². The zero-order valence-electron chi connectivity index (χ0n) is 18.8. The molecule has 0 spiro atoms. The van der Waals surface area contributed by atoms with Crippen LogP contribution in [-0.2, 0) is 14.9 Å². The molecule has 0 radical (unpaired) electrons. The Balaban J connectivity index is 1.18. The Morgan fingerprint density at radius 3 is 2.28 bits per heavy atom. The maximum atomic E-state index is 13.3. The SMILES string of the molecule is NC/C(=C\F)COc1ccc(C23CCC(C(=O)NC4CC5CCC(C4)O5)(CC2)CC3)cc1. The van der Waals surface area contributed by atoms with Gasteiger partial charge in [0.1, 0.15) is 12.4 Å².